The molecule has 1 aromatic heterocycles. The van der Waals surface area contributed by atoms with Crippen molar-refractivity contribution in [1.82, 2.24) is 9.55 Å². The molecule has 88 valence electrons. The molecule has 1 aromatic carbocycles. The first-order valence-electron chi connectivity index (χ1n) is 4.82. The molecule has 0 bridgehead atoms. The fraction of sp³-hybridized carbons (Fsp3) is 0.0909. The smallest absolute Gasteiger partial charge is 0.237 e. The van der Waals surface area contributed by atoms with Crippen LogP contribution < -0.4 is 5.73 Å². The number of halogens is 2. The minimum atomic E-state index is -0.700. The molecular formula is C11H9F2N3O. The Morgan fingerprint density at radius 1 is 1.29 bits per heavy atom. The Hall–Kier alpha value is -2.24. The SMILES string of the molecule is NC(=O)Cn1ccnc1-c1cc(F)cc(F)c1. The Labute approximate surface area is 95.7 Å². The van der Waals surface area contributed by atoms with Gasteiger partial charge in [-0.25, -0.2) is 13.8 Å². The summed E-state index contributed by atoms with van der Waals surface area (Å²) >= 11 is 0. The number of nitrogens with zero attached hydrogens (tertiary/aromatic N) is 2. The van der Waals surface area contributed by atoms with Crippen LogP contribution >= 0.6 is 0 Å². The molecule has 0 saturated heterocycles. The van der Waals surface area contributed by atoms with Crippen LogP contribution in [0.1, 0.15) is 0 Å². The molecule has 0 radical (unpaired) electrons. The van der Waals surface area contributed by atoms with E-state index in [-0.39, 0.29) is 12.1 Å². The lowest BCUT2D eigenvalue weighted by Gasteiger charge is -2.05. The molecule has 0 spiro atoms. The predicted molar refractivity (Wildman–Crippen MR) is 56.8 cm³/mol. The van der Waals surface area contributed by atoms with Gasteiger partial charge in [-0.05, 0) is 12.1 Å². The fourth-order valence-corrected chi connectivity index (χ4v) is 1.55. The topological polar surface area (TPSA) is 60.9 Å². The van der Waals surface area contributed by atoms with Crippen LogP contribution in [0.2, 0.25) is 0 Å². The minimum Gasteiger partial charge on any atom is -0.368 e. The van der Waals surface area contributed by atoms with Crippen LogP contribution in [0, 0.1) is 11.6 Å². The molecular weight excluding hydrogens is 228 g/mol. The molecule has 0 atom stereocenters. The van der Waals surface area contributed by atoms with Gasteiger partial charge in [0, 0.05) is 24.0 Å². The predicted octanol–water partition coefficient (Wildman–Crippen LogP) is 1.31. The van der Waals surface area contributed by atoms with Gasteiger partial charge in [0.2, 0.25) is 5.91 Å². The Kier molecular flexibility index (Phi) is 2.86. The molecule has 0 aliphatic carbocycles. The summed E-state index contributed by atoms with van der Waals surface area (Å²) in [6, 6.07) is 3.05. The highest BCUT2D eigenvalue weighted by molar-refractivity contribution is 5.74. The van der Waals surface area contributed by atoms with E-state index in [4.69, 9.17) is 5.73 Å². The molecule has 2 N–H and O–H groups in total. The van der Waals surface area contributed by atoms with E-state index in [0.29, 0.717) is 5.82 Å². The highest BCUT2D eigenvalue weighted by Gasteiger charge is 2.10. The number of carbonyl (C=O) groups is 1. The van der Waals surface area contributed by atoms with Gasteiger partial charge >= 0.3 is 0 Å². The number of primary amides is 1. The Morgan fingerprint density at radius 2 is 1.94 bits per heavy atom. The molecule has 17 heavy (non-hydrogen) atoms. The van der Waals surface area contributed by atoms with Crippen molar-refractivity contribution in [2.75, 3.05) is 0 Å². The van der Waals surface area contributed by atoms with Gasteiger partial charge in [-0.3, -0.25) is 4.79 Å². The average Bonchev–Trinajstić information content (AvgIpc) is 2.63. The quantitative estimate of drug-likeness (QED) is 0.874. The second-order valence-electron chi connectivity index (χ2n) is 3.50. The zero-order chi connectivity index (χ0) is 12.4. The zero-order valence-corrected chi connectivity index (χ0v) is 8.73. The zero-order valence-electron chi connectivity index (χ0n) is 8.73. The van der Waals surface area contributed by atoms with Crippen molar-refractivity contribution in [3.05, 3.63) is 42.2 Å². The third-order valence-corrected chi connectivity index (χ3v) is 2.16. The summed E-state index contributed by atoms with van der Waals surface area (Å²) in [5.74, 6) is -1.66. The first-order valence-corrected chi connectivity index (χ1v) is 4.82. The summed E-state index contributed by atoms with van der Waals surface area (Å²) in [6.07, 6.45) is 2.95. The van der Waals surface area contributed by atoms with Crippen LogP contribution in [0.25, 0.3) is 11.4 Å². The van der Waals surface area contributed by atoms with Crippen molar-refractivity contribution in [2.24, 2.45) is 5.73 Å². The van der Waals surface area contributed by atoms with Crippen molar-refractivity contribution in [3.63, 3.8) is 0 Å². The third-order valence-electron chi connectivity index (χ3n) is 2.16. The Balaban J connectivity index is 2.45. The van der Waals surface area contributed by atoms with E-state index in [9.17, 15) is 13.6 Å². The number of aromatic nitrogens is 2. The summed E-state index contributed by atoms with van der Waals surface area (Å²) < 4.78 is 27.5. The van der Waals surface area contributed by atoms with Crippen molar-refractivity contribution < 1.29 is 13.6 Å². The largest absolute Gasteiger partial charge is 0.368 e. The minimum absolute atomic E-state index is 0.0898. The van der Waals surface area contributed by atoms with Crippen LogP contribution in [0.3, 0.4) is 0 Å². The lowest BCUT2D eigenvalue weighted by Crippen LogP contribution is -2.18. The molecule has 1 amide bonds. The molecule has 2 rings (SSSR count). The number of amides is 1. The maximum atomic E-state index is 13.0. The highest BCUT2D eigenvalue weighted by Crippen LogP contribution is 2.19. The van der Waals surface area contributed by atoms with Gasteiger partial charge in [-0.15, -0.1) is 0 Å². The van der Waals surface area contributed by atoms with Gasteiger partial charge < -0.3 is 10.3 Å². The Morgan fingerprint density at radius 3 is 2.53 bits per heavy atom. The van der Waals surface area contributed by atoms with E-state index in [1.165, 1.54) is 17.0 Å². The molecule has 4 nitrogen and oxygen atoms in total. The van der Waals surface area contributed by atoms with Crippen LogP contribution in [-0.4, -0.2) is 15.5 Å². The summed E-state index contributed by atoms with van der Waals surface area (Å²) in [7, 11) is 0. The molecule has 1 heterocycles. The lowest BCUT2D eigenvalue weighted by molar-refractivity contribution is -0.118. The third kappa shape index (κ3) is 2.47. The first kappa shape index (κ1) is 11.3. The van der Waals surface area contributed by atoms with Gasteiger partial charge in [-0.1, -0.05) is 0 Å². The van der Waals surface area contributed by atoms with Crippen molar-refractivity contribution >= 4 is 5.91 Å². The molecule has 0 saturated carbocycles. The van der Waals surface area contributed by atoms with Crippen molar-refractivity contribution in [3.8, 4) is 11.4 Å². The molecule has 0 aliphatic heterocycles. The van der Waals surface area contributed by atoms with E-state index in [1.807, 2.05) is 0 Å². The van der Waals surface area contributed by atoms with Gasteiger partial charge in [0.1, 0.15) is 24.0 Å². The number of imidazole rings is 1. The maximum Gasteiger partial charge on any atom is 0.237 e. The van der Waals surface area contributed by atoms with Gasteiger partial charge in [0.25, 0.3) is 0 Å². The van der Waals surface area contributed by atoms with Crippen molar-refractivity contribution in [2.45, 2.75) is 6.54 Å². The van der Waals surface area contributed by atoms with E-state index >= 15 is 0 Å². The van der Waals surface area contributed by atoms with Crippen LogP contribution in [0.15, 0.2) is 30.6 Å². The average molecular weight is 237 g/mol. The van der Waals surface area contributed by atoms with Crippen molar-refractivity contribution in [1.29, 1.82) is 0 Å². The van der Waals surface area contributed by atoms with E-state index < -0.39 is 17.5 Å². The highest BCUT2D eigenvalue weighted by atomic mass is 19.1. The standard InChI is InChI=1S/C11H9F2N3O/c12-8-3-7(4-9(13)5-8)11-15-1-2-16(11)6-10(14)17/h1-5H,6H2,(H2,14,17). The molecule has 2 aromatic rings. The first-order chi connectivity index (χ1) is 8.06. The van der Waals surface area contributed by atoms with Crippen LogP contribution in [0.4, 0.5) is 8.78 Å². The second-order valence-corrected chi connectivity index (χ2v) is 3.50. The molecule has 6 heteroatoms. The van der Waals surface area contributed by atoms with E-state index in [0.717, 1.165) is 18.2 Å². The second kappa shape index (κ2) is 4.32. The molecule has 0 aliphatic rings. The normalized spacial score (nSPS) is 10.5. The summed E-state index contributed by atoms with van der Waals surface area (Å²) in [5.41, 5.74) is 5.31. The van der Waals surface area contributed by atoms with Gasteiger partial charge in [0.05, 0.1) is 0 Å². The van der Waals surface area contributed by atoms with E-state index in [1.54, 1.807) is 0 Å². The number of benzene rings is 1. The monoisotopic (exact) mass is 237 g/mol. The Bertz CT molecular complexity index is 545. The van der Waals surface area contributed by atoms with Crippen LogP contribution in [0.5, 0.6) is 0 Å². The summed E-state index contributed by atoms with van der Waals surface area (Å²) in [5, 5.41) is 0. The number of hydrogen-bond acceptors (Lipinski definition) is 2. The number of carbonyl (C=O) groups excluding carboxylic acids is 1. The lowest BCUT2D eigenvalue weighted by atomic mass is 10.2. The molecule has 0 unspecified atom stereocenters. The molecule has 0 fully saturated rings. The maximum absolute atomic E-state index is 13.0. The fourth-order valence-electron chi connectivity index (χ4n) is 1.55. The van der Waals surface area contributed by atoms with E-state index in [2.05, 4.69) is 4.98 Å². The number of rotatable bonds is 3. The summed E-state index contributed by atoms with van der Waals surface area (Å²) in [6.45, 7) is -0.0898. The van der Waals surface area contributed by atoms with Gasteiger partial charge in [0.15, 0.2) is 0 Å². The van der Waals surface area contributed by atoms with Gasteiger partial charge in [-0.2, -0.15) is 0 Å². The number of nitrogens with two attached hydrogens (primary N) is 1. The summed E-state index contributed by atoms with van der Waals surface area (Å²) in [4.78, 5) is 14.8. The number of hydrogen-bond donors (Lipinski definition) is 1. The van der Waals surface area contributed by atoms with Crippen LogP contribution in [-0.2, 0) is 11.3 Å².